The molecule has 0 radical (unpaired) electrons. The number of amides is 1. The SMILES string of the molecule is CCOc1ccccc1CCCNC(=O)[C@@H](CC)Oc1cccc(C)c1. The van der Waals surface area contributed by atoms with Gasteiger partial charge >= 0.3 is 0 Å². The van der Waals surface area contributed by atoms with Crippen molar-refractivity contribution >= 4 is 5.91 Å². The number of carbonyl (C=O) groups excluding carboxylic acids is 1. The summed E-state index contributed by atoms with van der Waals surface area (Å²) in [4.78, 5) is 12.4. The summed E-state index contributed by atoms with van der Waals surface area (Å²) in [6.45, 7) is 7.22. The topological polar surface area (TPSA) is 47.6 Å². The Balaban J connectivity index is 1.80. The molecule has 1 amide bonds. The summed E-state index contributed by atoms with van der Waals surface area (Å²) in [6.07, 6.45) is 1.89. The van der Waals surface area contributed by atoms with Gasteiger partial charge in [0, 0.05) is 6.54 Å². The molecule has 0 aliphatic carbocycles. The smallest absolute Gasteiger partial charge is 0.261 e. The number of aryl methyl sites for hydroxylation is 2. The van der Waals surface area contributed by atoms with Gasteiger partial charge in [0.1, 0.15) is 11.5 Å². The highest BCUT2D eigenvalue weighted by Gasteiger charge is 2.17. The van der Waals surface area contributed by atoms with Crippen molar-refractivity contribution in [2.75, 3.05) is 13.2 Å². The number of nitrogens with one attached hydrogen (secondary N) is 1. The molecule has 26 heavy (non-hydrogen) atoms. The van der Waals surface area contributed by atoms with E-state index in [2.05, 4.69) is 11.4 Å². The lowest BCUT2D eigenvalue weighted by atomic mass is 10.1. The molecule has 0 fully saturated rings. The summed E-state index contributed by atoms with van der Waals surface area (Å²) in [6, 6.07) is 15.8. The summed E-state index contributed by atoms with van der Waals surface area (Å²) in [5.74, 6) is 1.60. The van der Waals surface area contributed by atoms with E-state index in [9.17, 15) is 4.79 Å². The molecule has 0 heterocycles. The molecule has 0 bridgehead atoms. The summed E-state index contributed by atoms with van der Waals surface area (Å²) < 4.78 is 11.5. The molecule has 0 aliphatic rings. The molecule has 0 saturated carbocycles. The summed E-state index contributed by atoms with van der Waals surface area (Å²) in [5.41, 5.74) is 2.29. The van der Waals surface area contributed by atoms with Gasteiger partial charge < -0.3 is 14.8 Å². The highest BCUT2D eigenvalue weighted by Crippen LogP contribution is 2.19. The quantitative estimate of drug-likeness (QED) is 0.647. The Kier molecular flexibility index (Phi) is 8.00. The van der Waals surface area contributed by atoms with Crippen LogP contribution in [0.1, 0.15) is 37.8 Å². The molecule has 0 unspecified atom stereocenters. The number of para-hydroxylation sites is 1. The van der Waals surface area contributed by atoms with Gasteiger partial charge in [-0.05, 0) is 62.4 Å². The van der Waals surface area contributed by atoms with E-state index in [1.165, 1.54) is 5.56 Å². The summed E-state index contributed by atoms with van der Waals surface area (Å²) in [5, 5.41) is 2.99. The molecule has 140 valence electrons. The van der Waals surface area contributed by atoms with E-state index in [1.807, 2.05) is 63.2 Å². The fourth-order valence-electron chi connectivity index (χ4n) is 2.79. The van der Waals surface area contributed by atoms with Crippen LogP contribution in [0, 0.1) is 6.92 Å². The first-order valence-electron chi connectivity index (χ1n) is 9.35. The molecule has 0 aromatic heterocycles. The van der Waals surface area contributed by atoms with Crippen molar-refractivity contribution < 1.29 is 14.3 Å². The van der Waals surface area contributed by atoms with Crippen LogP contribution >= 0.6 is 0 Å². The number of carbonyl (C=O) groups is 1. The van der Waals surface area contributed by atoms with E-state index < -0.39 is 6.10 Å². The van der Waals surface area contributed by atoms with Crippen LogP contribution in [0.25, 0.3) is 0 Å². The minimum Gasteiger partial charge on any atom is -0.494 e. The number of hydrogen-bond acceptors (Lipinski definition) is 3. The third-order valence-electron chi connectivity index (χ3n) is 4.13. The predicted molar refractivity (Wildman–Crippen MR) is 105 cm³/mol. The van der Waals surface area contributed by atoms with Crippen molar-refractivity contribution in [1.82, 2.24) is 5.32 Å². The second kappa shape index (κ2) is 10.5. The molecule has 4 nitrogen and oxygen atoms in total. The van der Waals surface area contributed by atoms with Gasteiger partial charge in [0.05, 0.1) is 6.61 Å². The van der Waals surface area contributed by atoms with Gasteiger partial charge in [-0.3, -0.25) is 4.79 Å². The Morgan fingerprint density at radius 2 is 1.92 bits per heavy atom. The minimum atomic E-state index is -0.465. The largest absolute Gasteiger partial charge is 0.494 e. The molecule has 0 spiro atoms. The van der Waals surface area contributed by atoms with Crippen molar-refractivity contribution in [3.63, 3.8) is 0 Å². The predicted octanol–water partition coefficient (Wildman–Crippen LogP) is 4.30. The van der Waals surface area contributed by atoms with Crippen molar-refractivity contribution in [3.8, 4) is 11.5 Å². The third-order valence-corrected chi connectivity index (χ3v) is 4.13. The van der Waals surface area contributed by atoms with Crippen molar-refractivity contribution in [2.45, 2.75) is 46.1 Å². The first-order valence-corrected chi connectivity index (χ1v) is 9.35. The standard InChI is InChI=1S/C22H29NO3/c1-4-20(26-19-13-8-10-17(3)16-19)22(24)23-15-9-12-18-11-6-7-14-21(18)25-5-2/h6-8,10-11,13-14,16,20H,4-5,9,12,15H2,1-3H3,(H,23,24)/t20-/m1/s1. The lowest BCUT2D eigenvalue weighted by molar-refractivity contribution is -0.128. The molecule has 0 saturated heterocycles. The van der Waals surface area contributed by atoms with Gasteiger partial charge in [-0.2, -0.15) is 0 Å². The molecule has 1 N–H and O–H groups in total. The van der Waals surface area contributed by atoms with E-state index >= 15 is 0 Å². The Morgan fingerprint density at radius 3 is 2.65 bits per heavy atom. The number of hydrogen-bond donors (Lipinski definition) is 1. The van der Waals surface area contributed by atoms with Gasteiger partial charge in [0.25, 0.3) is 5.91 Å². The third kappa shape index (κ3) is 6.10. The first-order chi connectivity index (χ1) is 12.6. The van der Waals surface area contributed by atoms with E-state index in [0.717, 1.165) is 29.9 Å². The first kappa shape index (κ1) is 19.8. The molecule has 2 aromatic rings. The van der Waals surface area contributed by atoms with Gasteiger partial charge in [-0.15, -0.1) is 0 Å². The maximum absolute atomic E-state index is 12.4. The molecule has 0 aliphatic heterocycles. The van der Waals surface area contributed by atoms with Crippen LogP contribution in [0.4, 0.5) is 0 Å². The normalized spacial score (nSPS) is 11.7. The number of ether oxygens (including phenoxy) is 2. The van der Waals surface area contributed by atoms with E-state index in [1.54, 1.807) is 0 Å². The molecule has 2 rings (SSSR count). The lowest BCUT2D eigenvalue weighted by Gasteiger charge is -2.17. The van der Waals surface area contributed by atoms with Crippen LogP contribution in [-0.4, -0.2) is 25.2 Å². The molecule has 1 atom stereocenters. The average Bonchev–Trinajstić information content (AvgIpc) is 2.64. The Bertz CT molecular complexity index is 699. The monoisotopic (exact) mass is 355 g/mol. The zero-order chi connectivity index (χ0) is 18.8. The lowest BCUT2D eigenvalue weighted by Crippen LogP contribution is -2.38. The molecular formula is C22H29NO3. The minimum absolute atomic E-state index is 0.0629. The van der Waals surface area contributed by atoms with E-state index in [0.29, 0.717) is 19.6 Å². The van der Waals surface area contributed by atoms with Crippen molar-refractivity contribution in [1.29, 1.82) is 0 Å². The Labute approximate surface area is 156 Å². The van der Waals surface area contributed by atoms with Gasteiger partial charge in [-0.25, -0.2) is 0 Å². The zero-order valence-corrected chi connectivity index (χ0v) is 16.0. The fourth-order valence-corrected chi connectivity index (χ4v) is 2.79. The molecular weight excluding hydrogens is 326 g/mol. The highest BCUT2D eigenvalue weighted by molar-refractivity contribution is 5.81. The second-order valence-electron chi connectivity index (χ2n) is 6.27. The second-order valence-corrected chi connectivity index (χ2v) is 6.27. The van der Waals surface area contributed by atoms with Crippen LogP contribution in [0.15, 0.2) is 48.5 Å². The maximum atomic E-state index is 12.4. The summed E-state index contributed by atoms with van der Waals surface area (Å²) >= 11 is 0. The van der Waals surface area contributed by atoms with Crippen LogP contribution in [0.3, 0.4) is 0 Å². The Hall–Kier alpha value is -2.49. The van der Waals surface area contributed by atoms with Gasteiger partial charge in [0.15, 0.2) is 6.10 Å². The maximum Gasteiger partial charge on any atom is 0.261 e. The fraction of sp³-hybridized carbons (Fsp3) is 0.409. The van der Waals surface area contributed by atoms with Gasteiger partial charge in [0.2, 0.25) is 0 Å². The number of rotatable bonds is 10. The zero-order valence-electron chi connectivity index (χ0n) is 16.0. The summed E-state index contributed by atoms with van der Waals surface area (Å²) in [7, 11) is 0. The molecule has 4 heteroatoms. The van der Waals surface area contributed by atoms with Gasteiger partial charge in [-0.1, -0.05) is 37.3 Å². The van der Waals surface area contributed by atoms with Crippen LogP contribution in [0.5, 0.6) is 11.5 Å². The van der Waals surface area contributed by atoms with Crippen molar-refractivity contribution in [2.24, 2.45) is 0 Å². The van der Waals surface area contributed by atoms with Crippen LogP contribution in [0.2, 0.25) is 0 Å². The molecule has 2 aromatic carbocycles. The van der Waals surface area contributed by atoms with Crippen molar-refractivity contribution in [3.05, 3.63) is 59.7 Å². The van der Waals surface area contributed by atoms with Crippen LogP contribution in [-0.2, 0) is 11.2 Å². The average molecular weight is 355 g/mol. The van der Waals surface area contributed by atoms with E-state index in [4.69, 9.17) is 9.47 Å². The number of benzene rings is 2. The highest BCUT2D eigenvalue weighted by atomic mass is 16.5. The van der Waals surface area contributed by atoms with E-state index in [-0.39, 0.29) is 5.91 Å². The Morgan fingerprint density at radius 1 is 1.12 bits per heavy atom. The van der Waals surface area contributed by atoms with Crippen LogP contribution < -0.4 is 14.8 Å².